The topological polar surface area (TPSA) is 124 Å². The molecule has 1 heterocycles. The third-order valence-corrected chi connectivity index (χ3v) is 5.13. The van der Waals surface area contributed by atoms with Crippen molar-refractivity contribution in [2.24, 2.45) is 0 Å². The second-order valence-electron chi connectivity index (χ2n) is 6.52. The average Bonchev–Trinajstić information content (AvgIpc) is 2.79. The van der Waals surface area contributed by atoms with Crippen molar-refractivity contribution in [3.63, 3.8) is 0 Å². The zero-order chi connectivity index (χ0) is 23.5. The quantitative estimate of drug-likeness (QED) is 0.349. The number of ketones is 1. The van der Waals surface area contributed by atoms with Crippen LogP contribution in [0.15, 0.2) is 42.7 Å². The van der Waals surface area contributed by atoms with Gasteiger partial charge in [-0.1, -0.05) is 22.7 Å². The fraction of sp³-hybridized carbons (Fsp3) is 0.286. The van der Waals surface area contributed by atoms with Crippen molar-refractivity contribution in [3.8, 4) is 5.75 Å². The lowest BCUT2D eigenvalue weighted by Gasteiger charge is -2.09. The van der Waals surface area contributed by atoms with Gasteiger partial charge in [-0.25, -0.2) is 14.4 Å². The first kappa shape index (κ1) is 25.6. The molecule has 3 aromatic rings. The normalized spacial score (nSPS) is 11.4. The van der Waals surface area contributed by atoms with Crippen LogP contribution in [-0.4, -0.2) is 49.1 Å². The van der Waals surface area contributed by atoms with Gasteiger partial charge in [0.25, 0.3) is 0 Å². The monoisotopic (exact) mass is 482 g/mol. The number of aliphatic hydroxyl groups excluding tert-OH is 1. The first-order valence-electron chi connectivity index (χ1n) is 9.53. The van der Waals surface area contributed by atoms with Crippen LogP contribution < -0.4 is 10.1 Å². The van der Waals surface area contributed by atoms with E-state index in [4.69, 9.17) is 21.4 Å². The molecule has 1 aromatic heterocycles. The van der Waals surface area contributed by atoms with E-state index in [2.05, 4.69) is 15.3 Å². The van der Waals surface area contributed by atoms with Crippen molar-refractivity contribution in [3.05, 3.63) is 53.6 Å². The van der Waals surface area contributed by atoms with Crippen LogP contribution >= 0.6 is 11.6 Å². The summed E-state index contributed by atoms with van der Waals surface area (Å²) in [7, 11) is 1.60. The molecule has 0 spiro atoms. The maximum absolute atomic E-state index is 13.2. The molecule has 1 unspecified atom stereocenters. The van der Waals surface area contributed by atoms with Gasteiger partial charge in [0.2, 0.25) is 0 Å². The molecule has 1 atom stereocenters. The first-order valence-corrected chi connectivity index (χ1v) is 11.2. The number of anilines is 2. The van der Waals surface area contributed by atoms with Crippen LogP contribution in [0.2, 0.25) is 5.02 Å². The smallest absolute Gasteiger partial charge is 0.158 e. The van der Waals surface area contributed by atoms with Gasteiger partial charge in [-0.05, 0) is 43.2 Å². The molecule has 0 aliphatic carbocycles. The highest BCUT2D eigenvalue weighted by atomic mass is 35.5. The molecule has 32 heavy (non-hydrogen) atoms. The lowest BCUT2D eigenvalue weighted by molar-refractivity contribution is -0.121. The Balaban J connectivity index is 0.000000282. The molecule has 0 aliphatic rings. The lowest BCUT2D eigenvalue weighted by Crippen LogP contribution is -2.04. The zero-order valence-electron chi connectivity index (χ0n) is 17.2. The Morgan fingerprint density at radius 2 is 2.03 bits per heavy atom. The predicted molar refractivity (Wildman–Crippen MR) is 121 cm³/mol. The van der Waals surface area contributed by atoms with E-state index in [9.17, 15) is 17.9 Å². The van der Waals surface area contributed by atoms with Crippen LogP contribution in [0.3, 0.4) is 0 Å². The van der Waals surface area contributed by atoms with E-state index in [0.717, 1.165) is 16.7 Å². The van der Waals surface area contributed by atoms with Gasteiger partial charge in [-0.3, -0.25) is 9.00 Å². The van der Waals surface area contributed by atoms with Crippen LogP contribution in [-0.2, 0) is 15.9 Å². The highest BCUT2D eigenvalue weighted by molar-refractivity contribution is 7.79. The Labute approximate surface area is 192 Å². The molecule has 0 aliphatic heterocycles. The molecule has 2 N–H and O–H groups in total. The average molecular weight is 483 g/mol. The number of carbonyl (C=O) groups excluding carboxylic acids is 1. The Kier molecular flexibility index (Phi) is 10.4. The summed E-state index contributed by atoms with van der Waals surface area (Å²) in [5.74, 6) is 0.738. The van der Waals surface area contributed by atoms with Crippen LogP contribution in [0.5, 0.6) is 5.75 Å². The summed E-state index contributed by atoms with van der Waals surface area (Å²) in [5, 5.41) is 12.3. The summed E-state index contributed by atoms with van der Waals surface area (Å²) in [6.45, 7) is -0.444. The number of Topliss-reactive ketones (excluding diaryl/α,β-unsaturated/α-hetero) is 1. The largest absolute Gasteiger partial charge is 0.772 e. The van der Waals surface area contributed by atoms with E-state index in [1.807, 2.05) is 18.2 Å². The third-order valence-electron chi connectivity index (χ3n) is 4.22. The minimum atomic E-state index is -2.01. The number of hydrogen-bond donors (Lipinski definition) is 2. The van der Waals surface area contributed by atoms with Crippen molar-refractivity contribution >= 4 is 50.9 Å². The predicted octanol–water partition coefficient (Wildman–Crippen LogP) is 3.77. The van der Waals surface area contributed by atoms with Gasteiger partial charge in [-0.2, -0.15) is 0 Å². The maximum Gasteiger partial charge on any atom is 0.158 e. The Morgan fingerprint density at radius 3 is 2.69 bits per heavy atom. The van der Waals surface area contributed by atoms with Crippen molar-refractivity contribution in [1.82, 2.24) is 9.97 Å². The lowest BCUT2D eigenvalue weighted by atomic mass is 10.2. The Bertz CT molecular complexity index is 1090. The Hall–Kier alpha value is -2.66. The van der Waals surface area contributed by atoms with Gasteiger partial charge in [0.05, 0.1) is 17.6 Å². The number of carbonyl (C=O) groups is 1. The number of ether oxygens (including phenoxy) is 1. The van der Waals surface area contributed by atoms with Crippen LogP contribution in [0.4, 0.5) is 15.9 Å². The van der Waals surface area contributed by atoms with Gasteiger partial charge in [0.1, 0.15) is 30.3 Å². The number of fused-ring (bicyclic) bond motifs is 1. The van der Waals surface area contributed by atoms with Gasteiger partial charge in [0.15, 0.2) is 5.78 Å². The minimum absolute atomic E-state index is 0.0556. The van der Waals surface area contributed by atoms with Crippen molar-refractivity contribution < 1.29 is 27.8 Å². The number of hydrogen-bond acceptors (Lipinski definition) is 8. The van der Waals surface area contributed by atoms with E-state index in [0.29, 0.717) is 24.3 Å². The van der Waals surface area contributed by atoms with Crippen LogP contribution in [0, 0.1) is 5.82 Å². The SMILES string of the molecule is COc1ccc2c(Nc3ccc(F)c(Cl)c3)ncnc2c1.O=C(CO)CCCCS(=O)[O-]. The fourth-order valence-corrected chi connectivity index (χ4v) is 3.22. The third kappa shape index (κ3) is 8.12. The first-order chi connectivity index (χ1) is 15.3. The molecule has 0 radical (unpaired) electrons. The number of unbranched alkanes of at least 4 members (excludes halogenated alkanes) is 1. The summed E-state index contributed by atoms with van der Waals surface area (Å²) in [5.41, 5.74) is 1.40. The van der Waals surface area contributed by atoms with Crippen molar-refractivity contribution in [2.45, 2.75) is 19.3 Å². The van der Waals surface area contributed by atoms with E-state index < -0.39 is 23.5 Å². The zero-order valence-corrected chi connectivity index (χ0v) is 18.8. The number of rotatable bonds is 9. The minimum Gasteiger partial charge on any atom is -0.772 e. The molecule has 172 valence electrons. The summed E-state index contributed by atoms with van der Waals surface area (Å²) in [4.78, 5) is 18.9. The van der Waals surface area contributed by atoms with Gasteiger partial charge in [0, 0.05) is 29.3 Å². The molecular weight excluding hydrogens is 461 g/mol. The van der Waals surface area contributed by atoms with E-state index in [1.165, 1.54) is 18.5 Å². The molecule has 0 saturated carbocycles. The van der Waals surface area contributed by atoms with E-state index in [1.54, 1.807) is 13.2 Å². The van der Waals surface area contributed by atoms with Gasteiger partial charge in [-0.15, -0.1) is 0 Å². The number of halogens is 2. The molecule has 0 saturated heterocycles. The van der Waals surface area contributed by atoms with Crippen LogP contribution in [0.25, 0.3) is 10.9 Å². The van der Waals surface area contributed by atoms with Crippen molar-refractivity contribution in [2.75, 3.05) is 24.8 Å². The van der Waals surface area contributed by atoms with Crippen molar-refractivity contribution in [1.29, 1.82) is 0 Å². The number of methoxy groups -OCH3 is 1. The molecule has 3 rings (SSSR count). The molecule has 0 fully saturated rings. The molecule has 8 nitrogen and oxygen atoms in total. The molecule has 11 heteroatoms. The number of nitrogens with zero attached hydrogens (tertiary/aromatic N) is 2. The standard InChI is InChI=1S/C15H11ClFN3O.C6H12O4S/c1-21-10-3-4-11-14(7-10)18-8-19-15(11)20-9-2-5-13(17)12(16)6-9;7-5-6(8)3-1-2-4-11(9)10/h2-8H,1H3,(H,18,19,20);7H,1-5H2,(H,9,10)/p-1. The second kappa shape index (κ2) is 13.0. The summed E-state index contributed by atoms with van der Waals surface area (Å²) < 4.78 is 38.3. The molecule has 2 aromatic carbocycles. The van der Waals surface area contributed by atoms with E-state index >= 15 is 0 Å². The molecular formula is C21H22ClFN3O5S-. The number of benzene rings is 2. The summed E-state index contributed by atoms with van der Waals surface area (Å²) >= 11 is 3.77. The maximum atomic E-state index is 13.2. The van der Waals surface area contributed by atoms with Gasteiger partial charge >= 0.3 is 0 Å². The van der Waals surface area contributed by atoms with E-state index in [-0.39, 0.29) is 23.0 Å². The number of aromatic nitrogens is 2. The molecule has 0 amide bonds. The highest BCUT2D eigenvalue weighted by Crippen LogP contribution is 2.27. The van der Waals surface area contributed by atoms with Gasteiger partial charge < -0.3 is 19.7 Å². The Morgan fingerprint density at radius 1 is 1.25 bits per heavy atom. The highest BCUT2D eigenvalue weighted by Gasteiger charge is 2.07. The number of aliphatic hydroxyl groups is 1. The summed E-state index contributed by atoms with van der Waals surface area (Å²) in [6.07, 6.45) is 2.75. The second-order valence-corrected chi connectivity index (χ2v) is 7.94. The van der Waals surface area contributed by atoms with Crippen LogP contribution in [0.1, 0.15) is 19.3 Å². The molecule has 0 bridgehead atoms. The number of nitrogens with one attached hydrogen (secondary N) is 1. The summed E-state index contributed by atoms with van der Waals surface area (Å²) in [6, 6.07) is 9.92. The fourth-order valence-electron chi connectivity index (χ4n) is 2.60.